The van der Waals surface area contributed by atoms with Gasteiger partial charge >= 0.3 is 0 Å². The summed E-state index contributed by atoms with van der Waals surface area (Å²) in [5.41, 5.74) is 9.21. The minimum absolute atomic E-state index is 0.169. The molecular formula is C16H26N2. The first-order valence-corrected chi connectivity index (χ1v) is 7.06. The molecule has 0 saturated carbocycles. The lowest BCUT2D eigenvalue weighted by Gasteiger charge is -2.32. The van der Waals surface area contributed by atoms with Crippen molar-refractivity contribution in [2.24, 2.45) is 5.73 Å². The van der Waals surface area contributed by atoms with E-state index in [1.54, 1.807) is 0 Å². The second kappa shape index (κ2) is 5.41. The van der Waals surface area contributed by atoms with Crippen molar-refractivity contribution in [3.8, 4) is 0 Å². The van der Waals surface area contributed by atoms with Gasteiger partial charge in [-0.2, -0.15) is 0 Å². The Hall–Kier alpha value is -0.860. The Morgan fingerprint density at radius 2 is 1.94 bits per heavy atom. The van der Waals surface area contributed by atoms with Gasteiger partial charge in [0.25, 0.3) is 0 Å². The quantitative estimate of drug-likeness (QED) is 0.883. The molecule has 1 aliphatic heterocycles. The molecule has 0 aromatic heterocycles. The molecule has 2 N–H and O–H groups in total. The maximum atomic E-state index is 6.29. The van der Waals surface area contributed by atoms with Gasteiger partial charge in [-0.1, -0.05) is 29.8 Å². The van der Waals surface area contributed by atoms with Crippen LogP contribution in [0, 0.1) is 6.92 Å². The van der Waals surface area contributed by atoms with E-state index in [0.717, 1.165) is 13.0 Å². The van der Waals surface area contributed by atoms with Gasteiger partial charge in [0, 0.05) is 18.1 Å². The molecule has 1 fully saturated rings. The predicted molar refractivity (Wildman–Crippen MR) is 77.6 cm³/mol. The summed E-state index contributed by atoms with van der Waals surface area (Å²) in [6, 6.07) is 8.79. The Kier molecular flexibility index (Phi) is 4.08. The zero-order valence-corrected chi connectivity index (χ0v) is 11.9. The van der Waals surface area contributed by atoms with Gasteiger partial charge in [-0.3, -0.25) is 4.90 Å². The third-order valence-corrected chi connectivity index (χ3v) is 4.29. The number of nitrogens with two attached hydrogens (primary N) is 1. The minimum atomic E-state index is 0.169. The van der Waals surface area contributed by atoms with Gasteiger partial charge in [0.1, 0.15) is 0 Å². The highest BCUT2D eigenvalue weighted by atomic mass is 15.2. The van der Waals surface area contributed by atoms with Crippen LogP contribution in [0.5, 0.6) is 0 Å². The Labute approximate surface area is 111 Å². The fraction of sp³-hybridized carbons (Fsp3) is 0.625. The first-order chi connectivity index (χ1) is 8.49. The largest absolute Gasteiger partial charge is 0.324 e. The highest BCUT2D eigenvalue weighted by Crippen LogP contribution is 2.29. The van der Waals surface area contributed by atoms with Gasteiger partial charge in [0.05, 0.1) is 0 Å². The SMILES string of the molecule is Cc1ccc(C(N)CCN2CCCC2(C)C)cc1. The summed E-state index contributed by atoms with van der Waals surface area (Å²) >= 11 is 0. The molecule has 0 radical (unpaired) electrons. The molecule has 2 rings (SSSR count). The van der Waals surface area contributed by atoms with Crippen LogP contribution in [-0.2, 0) is 0 Å². The molecule has 1 aromatic carbocycles. The van der Waals surface area contributed by atoms with E-state index in [-0.39, 0.29) is 6.04 Å². The van der Waals surface area contributed by atoms with Crippen molar-refractivity contribution in [2.75, 3.05) is 13.1 Å². The lowest BCUT2D eigenvalue weighted by atomic mass is 10.00. The molecule has 1 unspecified atom stereocenters. The number of rotatable bonds is 4. The maximum Gasteiger partial charge on any atom is 0.0307 e. The van der Waals surface area contributed by atoms with E-state index in [2.05, 4.69) is 49.9 Å². The molecule has 0 amide bonds. The average Bonchev–Trinajstić information content (AvgIpc) is 2.66. The fourth-order valence-electron chi connectivity index (χ4n) is 2.85. The van der Waals surface area contributed by atoms with E-state index >= 15 is 0 Å². The van der Waals surface area contributed by atoms with Crippen LogP contribution < -0.4 is 5.73 Å². The predicted octanol–water partition coefficient (Wildman–Crippen LogP) is 3.26. The van der Waals surface area contributed by atoms with Crippen molar-refractivity contribution in [1.82, 2.24) is 4.90 Å². The van der Waals surface area contributed by atoms with E-state index in [1.165, 1.54) is 30.5 Å². The Balaban J connectivity index is 1.88. The van der Waals surface area contributed by atoms with Crippen LogP contribution in [0.1, 0.15) is 50.3 Å². The topological polar surface area (TPSA) is 29.3 Å². The number of hydrogen-bond acceptors (Lipinski definition) is 2. The third-order valence-electron chi connectivity index (χ3n) is 4.29. The Morgan fingerprint density at radius 3 is 2.50 bits per heavy atom. The Bertz CT molecular complexity index is 381. The number of likely N-dealkylation sites (tertiary alicyclic amines) is 1. The lowest BCUT2D eigenvalue weighted by molar-refractivity contribution is 0.169. The molecule has 1 atom stereocenters. The molecule has 0 aliphatic carbocycles. The fourth-order valence-corrected chi connectivity index (χ4v) is 2.85. The standard InChI is InChI=1S/C16H26N2/c1-13-5-7-14(8-6-13)15(17)9-12-18-11-4-10-16(18,2)3/h5-8,15H,4,9-12,17H2,1-3H3. The third kappa shape index (κ3) is 3.12. The van der Waals surface area contributed by atoms with Crippen molar-refractivity contribution < 1.29 is 0 Å². The van der Waals surface area contributed by atoms with Gasteiger partial charge in [-0.15, -0.1) is 0 Å². The summed E-state index contributed by atoms with van der Waals surface area (Å²) in [5.74, 6) is 0. The van der Waals surface area contributed by atoms with Crippen LogP contribution in [-0.4, -0.2) is 23.5 Å². The molecule has 18 heavy (non-hydrogen) atoms. The maximum absolute atomic E-state index is 6.29. The number of nitrogens with zero attached hydrogens (tertiary/aromatic N) is 1. The summed E-state index contributed by atoms with van der Waals surface area (Å²) in [4.78, 5) is 2.58. The van der Waals surface area contributed by atoms with Crippen LogP contribution in [0.15, 0.2) is 24.3 Å². The molecule has 1 aromatic rings. The van der Waals surface area contributed by atoms with Crippen LogP contribution in [0.2, 0.25) is 0 Å². The first kappa shape index (κ1) is 13.6. The van der Waals surface area contributed by atoms with E-state index in [1.807, 2.05) is 0 Å². The highest BCUT2D eigenvalue weighted by molar-refractivity contribution is 5.23. The van der Waals surface area contributed by atoms with Crippen LogP contribution in [0.25, 0.3) is 0 Å². The first-order valence-electron chi connectivity index (χ1n) is 7.06. The number of benzene rings is 1. The van der Waals surface area contributed by atoms with Crippen molar-refractivity contribution in [1.29, 1.82) is 0 Å². The molecular weight excluding hydrogens is 220 g/mol. The van der Waals surface area contributed by atoms with E-state index in [9.17, 15) is 0 Å². The molecule has 1 aliphatic rings. The van der Waals surface area contributed by atoms with Gasteiger partial charge in [-0.25, -0.2) is 0 Å². The van der Waals surface area contributed by atoms with Gasteiger partial charge in [0.15, 0.2) is 0 Å². The summed E-state index contributed by atoms with van der Waals surface area (Å²) in [6.45, 7) is 9.15. The lowest BCUT2D eigenvalue weighted by Crippen LogP contribution is -2.39. The van der Waals surface area contributed by atoms with E-state index in [0.29, 0.717) is 5.54 Å². The average molecular weight is 246 g/mol. The van der Waals surface area contributed by atoms with Crippen LogP contribution in [0.3, 0.4) is 0 Å². The van der Waals surface area contributed by atoms with E-state index < -0.39 is 0 Å². The zero-order valence-electron chi connectivity index (χ0n) is 11.9. The minimum Gasteiger partial charge on any atom is -0.324 e. The van der Waals surface area contributed by atoms with Crippen LogP contribution >= 0.6 is 0 Å². The van der Waals surface area contributed by atoms with Crippen molar-refractivity contribution in [3.63, 3.8) is 0 Å². The Morgan fingerprint density at radius 1 is 1.28 bits per heavy atom. The van der Waals surface area contributed by atoms with Crippen LogP contribution in [0.4, 0.5) is 0 Å². The second-order valence-corrected chi connectivity index (χ2v) is 6.21. The molecule has 100 valence electrons. The molecule has 2 heteroatoms. The summed E-state index contributed by atoms with van der Waals surface area (Å²) in [7, 11) is 0. The van der Waals surface area contributed by atoms with Gasteiger partial charge in [0.2, 0.25) is 0 Å². The van der Waals surface area contributed by atoms with Gasteiger partial charge in [-0.05, 0) is 52.1 Å². The monoisotopic (exact) mass is 246 g/mol. The van der Waals surface area contributed by atoms with E-state index in [4.69, 9.17) is 5.73 Å². The molecule has 1 heterocycles. The highest BCUT2D eigenvalue weighted by Gasteiger charge is 2.31. The normalized spacial score (nSPS) is 21.1. The van der Waals surface area contributed by atoms with Gasteiger partial charge < -0.3 is 5.73 Å². The molecule has 1 saturated heterocycles. The smallest absolute Gasteiger partial charge is 0.0307 e. The zero-order chi connectivity index (χ0) is 13.2. The number of aryl methyl sites for hydroxylation is 1. The summed E-state index contributed by atoms with van der Waals surface area (Å²) in [6.07, 6.45) is 3.69. The number of hydrogen-bond donors (Lipinski definition) is 1. The summed E-state index contributed by atoms with van der Waals surface area (Å²) in [5, 5.41) is 0. The van der Waals surface area contributed by atoms with Crippen molar-refractivity contribution in [3.05, 3.63) is 35.4 Å². The molecule has 0 bridgehead atoms. The second-order valence-electron chi connectivity index (χ2n) is 6.21. The van der Waals surface area contributed by atoms with Crippen molar-refractivity contribution >= 4 is 0 Å². The molecule has 2 nitrogen and oxygen atoms in total. The summed E-state index contributed by atoms with van der Waals surface area (Å²) < 4.78 is 0. The molecule has 0 spiro atoms. The van der Waals surface area contributed by atoms with Crippen molar-refractivity contribution in [2.45, 2.75) is 51.6 Å².